The van der Waals surface area contributed by atoms with Crippen molar-refractivity contribution in [2.75, 3.05) is 45.2 Å². The van der Waals surface area contributed by atoms with Crippen molar-refractivity contribution in [3.05, 3.63) is 82.0 Å². The Kier molecular flexibility index (Phi) is 5.81. The number of piperazine rings is 1. The molecule has 5 rings (SSSR count). The number of hydrogen-bond acceptors (Lipinski definition) is 5. The number of rotatable bonds is 4. The highest BCUT2D eigenvalue weighted by Crippen LogP contribution is 2.44. The predicted octanol–water partition coefficient (Wildman–Crippen LogP) is 4.02. The van der Waals surface area contributed by atoms with Gasteiger partial charge in [-0.05, 0) is 35.2 Å². The molecule has 0 radical (unpaired) electrons. The van der Waals surface area contributed by atoms with Gasteiger partial charge < -0.3 is 19.4 Å². The molecule has 0 bridgehead atoms. The average molecular weight is 462 g/mol. The van der Waals surface area contributed by atoms with Crippen LogP contribution in [0.2, 0.25) is 0 Å². The van der Waals surface area contributed by atoms with Gasteiger partial charge in [0.2, 0.25) is 5.91 Å². The maximum Gasteiger partial charge on any atom is 0.254 e. The Balaban J connectivity index is 1.43. The monoisotopic (exact) mass is 461 g/mol. The number of ether oxygens (including phenoxy) is 1. The highest BCUT2D eigenvalue weighted by atomic mass is 32.1. The molecule has 2 atom stereocenters. The van der Waals surface area contributed by atoms with Gasteiger partial charge in [0.05, 0.1) is 24.8 Å². The highest BCUT2D eigenvalue weighted by Gasteiger charge is 2.44. The zero-order valence-corrected chi connectivity index (χ0v) is 19.6. The quantitative estimate of drug-likeness (QED) is 0.589. The third kappa shape index (κ3) is 3.76. The van der Waals surface area contributed by atoms with Crippen molar-refractivity contribution >= 4 is 28.8 Å². The molecule has 1 fully saturated rings. The number of carbonyl (C=O) groups is 2. The van der Waals surface area contributed by atoms with Crippen molar-refractivity contribution in [1.82, 2.24) is 9.80 Å². The number of anilines is 1. The summed E-state index contributed by atoms with van der Waals surface area (Å²) in [6, 6.07) is 19.2. The van der Waals surface area contributed by atoms with E-state index >= 15 is 0 Å². The summed E-state index contributed by atoms with van der Waals surface area (Å²) < 4.78 is 5.53. The van der Waals surface area contributed by atoms with Gasteiger partial charge in [0.1, 0.15) is 5.75 Å². The van der Waals surface area contributed by atoms with E-state index in [0.29, 0.717) is 18.7 Å². The van der Waals surface area contributed by atoms with Crippen molar-refractivity contribution in [3.8, 4) is 5.75 Å². The van der Waals surface area contributed by atoms with Crippen LogP contribution in [0.1, 0.15) is 32.8 Å². The summed E-state index contributed by atoms with van der Waals surface area (Å²) in [4.78, 5) is 34.1. The van der Waals surface area contributed by atoms with E-state index in [-0.39, 0.29) is 17.9 Å². The van der Waals surface area contributed by atoms with Crippen LogP contribution in [0.4, 0.5) is 5.69 Å². The highest BCUT2D eigenvalue weighted by molar-refractivity contribution is 7.10. The largest absolute Gasteiger partial charge is 0.495 e. The SMILES string of the molecule is COc1ccccc1N1CCN(C(=O)[C@H]2c3ccccc3C(=O)N(C)[C@H]2c2cccs2)CC1. The summed E-state index contributed by atoms with van der Waals surface area (Å²) in [6.07, 6.45) is 0. The van der Waals surface area contributed by atoms with Gasteiger partial charge in [-0.3, -0.25) is 9.59 Å². The number of thiophene rings is 1. The molecule has 3 heterocycles. The molecule has 6 nitrogen and oxygen atoms in total. The Morgan fingerprint density at radius 3 is 2.42 bits per heavy atom. The minimum absolute atomic E-state index is 0.0333. The lowest BCUT2D eigenvalue weighted by Gasteiger charge is -2.43. The number of carbonyl (C=O) groups excluding carboxylic acids is 2. The fourth-order valence-electron chi connectivity index (χ4n) is 5.01. The van der Waals surface area contributed by atoms with Crippen molar-refractivity contribution in [2.45, 2.75) is 12.0 Å². The third-order valence-corrected chi connectivity index (χ3v) is 7.64. The molecule has 0 spiro atoms. The molecule has 1 aromatic heterocycles. The molecule has 2 amide bonds. The van der Waals surface area contributed by atoms with Gasteiger partial charge in [0.25, 0.3) is 5.91 Å². The summed E-state index contributed by atoms with van der Waals surface area (Å²) in [6.45, 7) is 2.73. The van der Waals surface area contributed by atoms with Crippen molar-refractivity contribution < 1.29 is 14.3 Å². The molecule has 0 N–H and O–H groups in total. The molecule has 170 valence electrons. The molecule has 0 aliphatic carbocycles. The summed E-state index contributed by atoms with van der Waals surface area (Å²) >= 11 is 1.59. The Labute approximate surface area is 198 Å². The topological polar surface area (TPSA) is 53.1 Å². The molecular weight excluding hydrogens is 434 g/mol. The first kappa shape index (κ1) is 21.5. The van der Waals surface area contributed by atoms with E-state index < -0.39 is 5.92 Å². The first-order chi connectivity index (χ1) is 16.1. The second kappa shape index (κ2) is 8.90. The first-order valence-electron chi connectivity index (χ1n) is 11.2. The Hall–Kier alpha value is -3.32. The molecule has 1 saturated heterocycles. The molecule has 0 unspecified atom stereocenters. The number of methoxy groups -OCH3 is 1. The van der Waals surface area contributed by atoms with E-state index in [1.54, 1.807) is 23.3 Å². The van der Waals surface area contributed by atoms with E-state index in [1.165, 1.54) is 0 Å². The van der Waals surface area contributed by atoms with Gasteiger partial charge >= 0.3 is 0 Å². The van der Waals surface area contributed by atoms with Gasteiger partial charge in [-0.1, -0.05) is 36.4 Å². The summed E-state index contributed by atoms with van der Waals surface area (Å²) in [5.74, 6) is 0.477. The minimum Gasteiger partial charge on any atom is -0.495 e. The number of fused-ring (bicyclic) bond motifs is 1. The van der Waals surface area contributed by atoms with Crippen molar-refractivity contribution in [1.29, 1.82) is 0 Å². The van der Waals surface area contributed by atoms with Gasteiger partial charge in [0.15, 0.2) is 0 Å². The van der Waals surface area contributed by atoms with E-state index in [1.807, 2.05) is 71.9 Å². The average Bonchev–Trinajstić information content (AvgIpc) is 3.40. The number of para-hydroxylation sites is 2. The maximum atomic E-state index is 14.0. The van der Waals surface area contributed by atoms with Gasteiger partial charge in [-0.25, -0.2) is 0 Å². The second-order valence-electron chi connectivity index (χ2n) is 8.43. The zero-order chi connectivity index (χ0) is 22.9. The molecular formula is C26H27N3O3S. The van der Waals surface area contributed by atoms with E-state index in [0.717, 1.165) is 35.0 Å². The Morgan fingerprint density at radius 1 is 0.970 bits per heavy atom. The lowest BCUT2D eigenvalue weighted by molar-refractivity contribution is -0.134. The van der Waals surface area contributed by atoms with Crippen LogP contribution >= 0.6 is 11.3 Å². The lowest BCUT2D eigenvalue weighted by Crippen LogP contribution is -2.53. The van der Waals surface area contributed by atoms with E-state index in [2.05, 4.69) is 11.0 Å². The number of benzene rings is 2. The predicted molar refractivity (Wildman–Crippen MR) is 130 cm³/mol. The molecule has 2 aliphatic heterocycles. The smallest absolute Gasteiger partial charge is 0.254 e. The first-order valence-corrected chi connectivity index (χ1v) is 12.0. The van der Waals surface area contributed by atoms with Crippen LogP contribution in [0.25, 0.3) is 0 Å². The van der Waals surface area contributed by atoms with Crippen LogP contribution in [0.15, 0.2) is 66.0 Å². The number of hydrogen-bond donors (Lipinski definition) is 0. The number of amides is 2. The van der Waals surface area contributed by atoms with Crippen LogP contribution in [0.5, 0.6) is 5.75 Å². The summed E-state index contributed by atoms with van der Waals surface area (Å²) in [5.41, 5.74) is 2.51. The van der Waals surface area contributed by atoms with Crippen LogP contribution in [-0.4, -0.2) is 62.0 Å². The molecule has 2 aromatic carbocycles. The standard InChI is InChI=1S/C26H27N3O3S/c1-27-24(22-12-7-17-33-22)23(18-8-3-4-9-19(18)25(27)30)26(31)29-15-13-28(14-16-29)20-10-5-6-11-21(20)32-2/h3-12,17,23-24H,13-16H2,1-2H3/t23-,24-/m0/s1. The zero-order valence-electron chi connectivity index (χ0n) is 18.8. The normalized spacial score (nSPS) is 20.5. The molecule has 3 aromatic rings. The second-order valence-corrected chi connectivity index (χ2v) is 9.40. The summed E-state index contributed by atoms with van der Waals surface area (Å²) in [5, 5.41) is 2.00. The molecule has 33 heavy (non-hydrogen) atoms. The lowest BCUT2D eigenvalue weighted by atomic mass is 9.81. The number of nitrogens with zero attached hydrogens (tertiary/aromatic N) is 3. The van der Waals surface area contributed by atoms with Gasteiger partial charge in [0, 0.05) is 43.7 Å². The van der Waals surface area contributed by atoms with Crippen molar-refractivity contribution in [2.24, 2.45) is 0 Å². The minimum atomic E-state index is -0.416. The van der Waals surface area contributed by atoms with Crippen LogP contribution in [0.3, 0.4) is 0 Å². The summed E-state index contributed by atoms with van der Waals surface area (Å²) in [7, 11) is 3.49. The van der Waals surface area contributed by atoms with Crippen LogP contribution < -0.4 is 9.64 Å². The fourth-order valence-corrected chi connectivity index (χ4v) is 5.92. The van der Waals surface area contributed by atoms with E-state index in [9.17, 15) is 9.59 Å². The van der Waals surface area contributed by atoms with Gasteiger partial charge in [-0.15, -0.1) is 11.3 Å². The molecule has 2 aliphatic rings. The molecule has 7 heteroatoms. The fraction of sp³-hybridized carbons (Fsp3) is 0.308. The van der Waals surface area contributed by atoms with E-state index in [4.69, 9.17) is 4.74 Å². The van der Waals surface area contributed by atoms with Gasteiger partial charge in [-0.2, -0.15) is 0 Å². The van der Waals surface area contributed by atoms with Crippen molar-refractivity contribution in [3.63, 3.8) is 0 Å². The van der Waals surface area contributed by atoms with Crippen LogP contribution in [0, 0.1) is 0 Å². The van der Waals surface area contributed by atoms with Crippen LogP contribution in [-0.2, 0) is 4.79 Å². The Morgan fingerprint density at radius 2 is 1.70 bits per heavy atom. The number of likely N-dealkylation sites (N-methyl/N-ethyl adjacent to an activating group) is 1. The molecule has 0 saturated carbocycles. The maximum absolute atomic E-state index is 14.0. The third-order valence-electron chi connectivity index (χ3n) is 6.70. The Bertz CT molecular complexity index is 1160.